The zero-order valence-electron chi connectivity index (χ0n) is 16.6. The van der Waals surface area contributed by atoms with Gasteiger partial charge in [0.1, 0.15) is 5.75 Å². The van der Waals surface area contributed by atoms with Crippen molar-refractivity contribution in [2.75, 3.05) is 17.7 Å². The van der Waals surface area contributed by atoms with Gasteiger partial charge in [0.2, 0.25) is 27.1 Å². The number of ether oxygens (including phenoxy) is 1. The van der Waals surface area contributed by atoms with Gasteiger partial charge in [-0.25, -0.2) is 18.5 Å². The number of sulfonamides is 1. The second kappa shape index (κ2) is 8.49. The van der Waals surface area contributed by atoms with Crippen LogP contribution in [0.2, 0.25) is 0 Å². The van der Waals surface area contributed by atoms with Crippen molar-refractivity contribution in [1.82, 2.24) is 19.7 Å². The summed E-state index contributed by atoms with van der Waals surface area (Å²) in [6.45, 7) is 2.80. The zero-order chi connectivity index (χ0) is 22.0. The van der Waals surface area contributed by atoms with Crippen molar-refractivity contribution >= 4 is 49.2 Å². The lowest BCUT2D eigenvalue weighted by Gasteiger charge is -2.04. The SMILES string of the molecule is CCCCOc1ccc2nc(-n3nc(Nc4ccc(S(N)(=O)=O)cc4)nc3N)sc2c1. The number of benzene rings is 2. The Hall–Kier alpha value is -3.22. The van der Waals surface area contributed by atoms with Crippen molar-refractivity contribution in [2.45, 2.75) is 24.7 Å². The first-order valence-corrected chi connectivity index (χ1v) is 11.9. The third-order valence-corrected chi connectivity index (χ3v) is 6.29. The summed E-state index contributed by atoms with van der Waals surface area (Å²) in [4.78, 5) is 8.80. The molecule has 162 valence electrons. The Morgan fingerprint density at radius 2 is 1.94 bits per heavy atom. The minimum Gasteiger partial charge on any atom is -0.494 e. The number of thiazole rings is 1. The largest absolute Gasteiger partial charge is 0.494 e. The molecule has 4 rings (SSSR count). The van der Waals surface area contributed by atoms with Gasteiger partial charge in [-0.15, -0.1) is 5.10 Å². The van der Waals surface area contributed by atoms with Gasteiger partial charge in [-0.2, -0.15) is 9.67 Å². The summed E-state index contributed by atoms with van der Waals surface area (Å²) >= 11 is 1.42. The monoisotopic (exact) mass is 459 g/mol. The highest BCUT2D eigenvalue weighted by atomic mass is 32.2. The van der Waals surface area contributed by atoms with Crippen molar-refractivity contribution in [3.05, 3.63) is 42.5 Å². The number of nitrogen functional groups attached to an aromatic ring is 1. The fraction of sp³-hybridized carbons (Fsp3) is 0.211. The fourth-order valence-electron chi connectivity index (χ4n) is 2.78. The molecule has 31 heavy (non-hydrogen) atoms. The normalized spacial score (nSPS) is 11.7. The third-order valence-electron chi connectivity index (χ3n) is 4.37. The Bertz CT molecular complexity index is 1310. The lowest BCUT2D eigenvalue weighted by molar-refractivity contribution is 0.310. The third kappa shape index (κ3) is 4.76. The van der Waals surface area contributed by atoms with E-state index in [4.69, 9.17) is 15.6 Å². The number of hydrogen-bond donors (Lipinski definition) is 3. The van der Waals surface area contributed by atoms with Crippen LogP contribution in [-0.4, -0.2) is 34.8 Å². The molecule has 0 radical (unpaired) electrons. The van der Waals surface area contributed by atoms with E-state index in [0.717, 1.165) is 28.8 Å². The maximum Gasteiger partial charge on any atom is 0.248 e. The van der Waals surface area contributed by atoms with E-state index in [2.05, 4.69) is 27.3 Å². The molecule has 0 unspecified atom stereocenters. The standard InChI is InChI=1S/C19H21N7O3S2/c1-2-3-10-29-13-6-9-15-16(11-13)30-19(23-15)26-17(20)24-18(25-26)22-12-4-7-14(8-5-12)31(21,27)28/h4-9,11H,2-3,10H2,1H3,(H2,21,27,28)(H3,20,22,24,25). The van der Waals surface area contributed by atoms with Crippen LogP contribution >= 0.6 is 11.3 Å². The van der Waals surface area contributed by atoms with E-state index in [1.807, 2.05) is 18.2 Å². The number of nitrogens with two attached hydrogens (primary N) is 2. The van der Waals surface area contributed by atoms with Crippen LogP contribution in [0.15, 0.2) is 47.4 Å². The van der Waals surface area contributed by atoms with Crippen LogP contribution in [0.4, 0.5) is 17.6 Å². The maximum absolute atomic E-state index is 11.4. The molecule has 0 aliphatic carbocycles. The first-order valence-electron chi connectivity index (χ1n) is 9.49. The van der Waals surface area contributed by atoms with Gasteiger partial charge >= 0.3 is 0 Å². The van der Waals surface area contributed by atoms with E-state index in [9.17, 15) is 8.42 Å². The number of nitrogens with zero attached hydrogens (tertiary/aromatic N) is 4. The summed E-state index contributed by atoms with van der Waals surface area (Å²) in [5.74, 6) is 1.22. The van der Waals surface area contributed by atoms with Crippen LogP contribution in [0.5, 0.6) is 5.75 Å². The van der Waals surface area contributed by atoms with Gasteiger partial charge in [0, 0.05) is 5.69 Å². The number of nitrogens with one attached hydrogen (secondary N) is 1. The molecule has 0 aliphatic rings. The smallest absolute Gasteiger partial charge is 0.248 e. The van der Waals surface area contributed by atoms with Gasteiger partial charge in [-0.1, -0.05) is 24.7 Å². The lowest BCUT2D eigenvalue weighted by Crippen LogP contribution is -2.11. The Kier molecular flexibility index (Phi) is 5.76. The van der Waals surface area contributed by atoms with Crippen molar-refractivity contribution < 1.29 is 13.2 Å². The van der Waals surface area contributed by atoms with Gasteiger partial charge in [0.25, 0.3) is 0 Å². The minimum atomic E-state index is -3.75. The molecule has 0 spiro atoms. The molecule has 0 amide bonds. The second-order valence-corrected chi connectivity index (χ2v) is 9.30. The Morgan fingerprint density at radius 1 is 1.16 bits per heavy atom. The first-order chi connectivity index (χ1) is 14.8. The molecule has 0 aliphatic heterocycles. The molecular weight excluding hydrogens is 438 g/mol. The summed E-state index contributed by atoms with van der Waals surface area (Å²) in [5.41, 5.74) is 7.43. The zero-order valence-corrected chi connectivity index (χ0v) is 18.3. The highest BCUT2D eigenvalue weighted by Gasteiger charge is 2.14. The van der Waals surface area contributed by atoms with E-state index in [1.165, 1.54) is 28.2 Å². The Labute approximate surface area is 182 Å². The van der Waals surface area contributed by atoms with Gasteiger partial charge in [0.05, 0.1) is 21.7 Å². The fourth-order valence-corrected chi connectivity index (χ4v) is 4.25. The summed E-state index contributed by atoms with van der Waals surface area (Å²) in [7, 11) is -3.75. The number of primary sulfonamides is 1. The van der Waals surface area contributed by atoms with Crippen LogP contribution in [0.3, 0.4) is 0 Å². The first kappa shape index (κ1) is 21.0. The summed E-state index contributed by atoms with van der Waals surface area (Å²) in [6.07, 6.45) is 2.08. The number of unbranched alkanes of at least 4 members (excludes halogenated alkanes) is 1. The molecule has 4 aromatic rings. The predicted octanol–water partition coefficient (Wildman–Crippen LogP) is 3.03. The van der Waals surface area contributed by atoms with E-state index in [-0.39, 0.29) is 16.8 Å². The number of hydrogen-bond acceptors (Lipinski definition) is 9. The quantitative estimate of drug-likeness (QED) is 0.340. The molecular formula is C19H21N7O3S2. The van der Waals surface area contributed by atoms with E-state index in [0.29, 0.717) is 17.4 Å². The summed E-state index contributed by atoms with van der Waals surface area (Å²) < 4.78 is 30.9. The number of fused-ring (bicyclic) bond motifs is 1. The molecule has 12 heteroatoms. The van der Waals surface area contributed by atoms with Gasteiger partial charge < -0.3 is 15.8 Å². The molecule has 2 aromatic carbocycles. The van der Waals surface area contributed by atoms with Crippen LogP contribution in [-0.2, 0) is 10.0 Å². The van der Waals surface area contributed by atoms with E-state index >= 15 is 0 Å². The minimum absolute atomic E-state index is 0.0172. The molecule has 0 atom stereocenters. The van der Waals surface area contributed by atoms with Crippen molar-refractivity contribution in [2.24, 2.45) is 5.14 Å². The van der Waals surface area contributed by atoms with Gasteiger partial charge in [-0.05, 0) is 48.9 Å². The molecule has 0 saturated heterocycles. The number of anilines is 3. The maximum atomic E-state index is 11.4. The Balaban J connectivity index is 1.55. The topological polar surface area (TPSA) is 151 Å². The predicted molar refractivity (Wildman–Crippen MR) is 120 cm³/mol. The molecule has 0 bridgehead atoms. The van der Waals surface area contributed by atoms with Crippen molar-refractivity contribution in [3.8, 4) is 10.9 Å². The molecule has 0 saturated carbocycles. The van der Waals surface area contributed by atoms with Crippen molar-refractivity contribution in [1.29, 1.82) is 0 Å². The highest BCUT2D eigenvalue weighted by molar-refractivity contribution is 7.89. The van der Waals surface area contributed by atoms with Crippen LogP contribution in [0.1, 0.15) is 19.8 Å². The molecule has 2 aromatic heterocycles. The van der Waals surface area contributed by atoms with Crippen LogP contribution in [0, 0.1) is 0 Å². The van der Waals surface area contributed by atoms with E-state index in [1.54, 1.807) is 12.1 Å². The average Bonchev–Trinajstić information content (AvgIpc) is 3.30. The highest BCUT2D eigenvalue weighted by Crippen LogP contribution is 2.29. The van der Waals surface area contributed by atoms with Gasteiger partial charge in [0.15, 0.2) is 0 Å². The number of aromatic nitrogens is 4. The van der Waals surface area contributed by atoms with Crippen LogP contribution in [0.25, 0.3) is 15.3 Å². The number of rotatable bonds is 8. The van der Waals surface area contributed by atoms with Crippen LogP contribution < -0.4 is 20.9 Å². The molecule has 5 N–H and O–H groups in total. The van der Waals surface area contributed by atoms with Crippen molar-refractivity contribution in [3.63, 3.8) is 0 Å². The van der Waals surface area contributed by atoms with Gasteiger partial charge in [-0.3, -0.25) is 0 Å². The molecule has 10 nitrogen and oxygen atoms in total. The molecule has 2 heterocycles. The second-order valence-electron chi connectivity index (χ2n) is 6.73. The average molecular weight is 460 g/mol. The molecule has 0 fully saturated rings. The Morgan fingerprint density at radius 3 is 2.65 bits per heavy atom. The lowest BCUT2D eigenvalue weighted by atomic mass is 10.3. The summed E-state index contributed by atoms with van der Waals surface area (Å²) in [6, 6.07) is 11.7. The summed E-state index contributed by atoms with van der Waals surface area (Å²) in [5, 5.41) is 13.0. The van der Waals surface area contributed by atoms with E-state index < -0.39 is 10.0 Å².